The number of hydrogen-bond donors (Lipinski definition) is 2. The Morgan fingerprint density at radius 1 is 1.03 bits per heavy atom. The molecule has 0 aliphatic carbocycles. The topological polar surface area (TPSA) is 120 Å². The van der Waals surface area contributed by atoms with Gasteiger partial charge in [-0.1, -0.05) is 23.7 Å². The van der Waals surface area contributed by atoms with Gasteiger partial charge in [-0.05, 0) is 12.1 Å². The van der Waals surface area contributed by atoms with Gasteiger partial charge in [0.1, 0.15) is 16.5 Å². The van der Waals surface area contributed by atoms with Crippen LogP contribution in [0.5, 0.6) is 11.5 Å². The fourth-order valence-corrected chi connectivity index (χ4v) is 4.15. The van der Waals surface area contributed by atoms with Crippen molar-refractivity contribution in [2.45, 2.75) is 5.03 Å². The first-order valence-electron chi connectivity index (χ1n) is 9.27. The number of para-hydroxylation sites is 2. The summed E-state index contributed by atoms with van der Waals surface area (Å²) in [5.41, 5.74) is 1.46. The molecule has 2 N–H and O–H groups in total. The van der Waals surface area contributed by atoms with Gasteiger partial charge in [-0.2, -0.15) is 8.42 Å². The minimum absolute atomic E-state index is 0.0211. The first kappa shape index (κ1) is 21.7. The number of hydrogen-bond acceptors (Lipinski definition) is 8. The van der Waals surface area contributed by atoms with Crippen molar-refractivity contribution in [1.29, 1.82) is 0 Å². The molecule has 32 heavy (non-hydrogen) atoms. The highest BCUT2D eigenvalue weighted by Gasteiger charge is 2.22. The average Bonchev–Trinajstić information content (AvgIpc) is 3.22. The van der Waals surface area contributed by atoms with Crippen LogP contribution < -0.4 is 19.5 Å². The van der Waals surface area contributed by atoms with Crippen molar-refractivity contribution in [3.63, 3.8) is 0 Å². The molecular weight excluding hydrogens is 456 g/mol. The van der Waals surface area contributed by atoms with E-state index < -0.39 is 10.0 Å². The van der Waals surface area contributed by atoms with Crippen LogP contribution in [0.3, 0.4) is 0 Å². The first-order valence-corrected chi connectivity index (χ1v) is 11.1. The monoisotopic (exact) mass is 474 g/mol. The molecule has 0 saturated heterocycles. The molecule has 4 rings (SSSR count). The lowest BCUT2D eigenvalue weighted by atomic mass is 10.2. The van der Waals surface area contributed by atoms with E-state index in [0.29, 0.717) is 28.2 Å². The van der Waals surface area contributed by atoms with Crippen LogP contribution in [0.2, 0.25) is 5.02 Å². The predicted octanol–water partition coefficient (Wildman–Crippen LogP) is 3.58. The summed E-state index contributed by atoms with van der Waals surface area (Å²) in [5.74, 6) is 0.976. The number of aromatic nitrogens is 4. The molecule has 4 aromatic rings. The normalized spacial score (nSPS) is 11.4. The molecule has 0 saturated carbocycles. The minimum Gasteiger partial charge on any atom is -0.497 e. The number of imidazole rings is 1. The number of benzene rings is 2. The summed E-state index contributed by atoms with van der Waals surface area (Å²) in [6, 6.07) is 10.3. The highest BCUT2D eigenvalue weighted by Crippen LogP contribution is 2.39. The van der Waals surface area contributed by atoms with Crippen molar-refractivity contribution in [1.82, 2.24) is 19.5 Å². The molecule has 0 radical (unpaired) electrons. The third kappa shape index (κ3) is 4.25. The van der Waals surface area contributed by atoms with Gasteiger partial charge < -0.3 is 19.4 Å². The molecule has 0 fully saturated rings. The lowest BCUT2D eigenvalue weighted by Crippen LogP contribution is -2.16. The number of fused-ring (bicyclic) bond motifs is 1. The molecule has 2 aromatic carbocycles. The highest BCUT2D eigenvalue weighted by atomic mass is 35.5. The Bertz CT molecular complexity index is 1410. The third-order valence-electron chi connectivity index (χ3n) is 4.48. The molecule has 0 atom stereocenters. The van der Waals surface area contributed by atoms with Crippen LogP contribution >= 0.6 is 11.6 Å². The fourth-order valence-electron chi connectivity index (χ4n) is 2.92. The van der Waals surface area contributed by atoms with Gasteiger partial charge in [-0.15, -0.1) is 0 Å². The molecule has 2 aromatic heterocycles. The molecule has 0 spiro atoms. The van der Waals surface area contributed by atoms with Crippen molar-refractivity contribution < 1.29 is 17.9 Å². The van der Waals surface area contributed by atoms with Crippen LogP contribution in [0, 0.1) is 0 Å². The maximum Gasteiger partial charge on any atom is 0.282 e. The van der Waals surface area contributed by atoms with Gasteiger partial charge in [0.05, 0.1) is 37.3 Å². The van der Waals surface area contributed by atoms with Crippen LogP contribution in [0.25, 0.3) is 11.0 Å². The Morgan fingerprint density at radius 2 is 1.72 bits per heavy atom. The largest absolute Gasteiger partial charge is 0.497 e. The second-order valence-corrected chi connectivity index (χ2v) is 8.72. The molecule has 10 nitrogen and oxygen atoms in total. The molecule has 12 heteroatoms. The Labute approximate surface area is 189 Å². The molecule has 0 amide bonds. The van der Waals surface area contributed by atoms with Crippen molar-refractivity contribution in [2.75, 3.05) is 24.3 Å². The number of ether oxygens (including phenoxy) is 2. The Hall–Kier alpha value is -3.57. The number of nitrogens with zero attached hydrogens (tertiary/aromatic N) is 4. The number of aryl methyl sites for hydroxylation is 1. The number of anilines is 3. The predicted molar refractivity (Wildman–Crippen MR) is 121 cm³/mol. The summed E-state index contributed by atoms with van der Waals surface area (Å²) in [7, 11) is 0.643. The number of rotatable bonds is 7. The molecule has 2 heterocycles. The molecule has 0 aliphatic heterocycles. The summed E-state index contributed by atoms with van der Waals surface area (Å²) >= 11 is 6.45. The summed E-state index contributed by atoms with van der Waals surface area (Å²) < 4.78 is 40.3. The van der Waals surface area contributed by atoms with Crippen LogP contribution in [0.4, 0.5) is 17.3 Å². The van der Waals surface area contributed by atoms with E-state index in [1.165, 1.54) is 31.3 Å². The molecule has 166 valence electrons. The number of sulfonamides is 1. The van der Waals surface area contributed by atoms with Gasteiger partial charge in [0.2, 0.25) is 0 Å². The average molecular weight is 475 g/mol. The maximum atomic E-state index is 12.9. The number of halogens is 1. The second kappa shape index (κ2) is 8.52. The smallest absolute Gasteiger partial charge is 0.282 e. The third-order valence-corrected chi connectivity index (χ3v) is 6.09. The zero-order chi connectivity index (χ0) is 22.9. The van der Waals surface area contributed by atoms with E-state index in [1.54, 1.807) is 43.4 Å². The fraction of sp³-hybridized carbons (Fsp3) is 0.150. The Balaban J connectivity index is 1.82. The molecule has 0 unspecified atom stereocenters. The summed E-state index contributed by atoms with van der Waals surface area (Å²) in [6.07, 6.45) is 2.77. The van der Waals surface area contributed by atoms with E-state index in [1.807, 2.05) is 0 Å². The van der Waals surface area contributed by atoms with Gasteiger partial charge in [0.25, 0.3) is 10.0 Å². The standard InChI is InChI=1S/C20H19ClN6O4S/c1-27-10-17(22-11-27)32(28,29)26-20-19(23-13-6-4-5-7-14(13)24-20)25-15-8-12(30-2)9-16(31-3)18(15)21/h4-11H,1-3H3,(H,23,25)(H,24,26). The zero-order valence-corrected chi connectivity index (χ0v) is 18.9. The number of nitrogens with one attached hydrogen (secondary N) is 2. The van der Waals surface area contributed by atoms with Crippen LogP contribution in [0.15, 0.2) is 53.9 Å². The van der Waals surface area contributed by atoms with Gasteiger partial charge in [-0.25, -0.2) is 15.0 Å². The van der Waals surface area contributed by atoms with E-state index in [0.717, 1.165) is 0 Å². The number of methoxy groups -OCH3 is 2. The zero-order valence-electron chi connectivity index (χ0n) is 17.3. The summed E-state index contributed by atoms with van der Waals surface area (Å²) in [4.78, 5) is 12.9. The second-order valence-electron chi connectivity index (χ2n) is 6.71. The highest BCUT2D eigenvalue weighted by molar-refractivity contribution is 7.92. The summed E-state index contributed by atoms with van der Waals surface area (Å²) in [6.45, 7) is 0. The van der Waals surface area contributed by atoms with Crippen LogP contribution in [-0.2, 0) is 17.1 Å². The van der Waals surface area contributed by atoms with E-state index in [9.17, 15) is 8.42 Å². The Morgan fingerprint density at radius 3 is 2.31 bits per heavy atom. The van der Waals surface area contributed by atoms with Crippen molar-refractivity contribution in [3.05, 3.63) is 53.9 Å². The van der Waals surface area contributed by atoms with Gasteiger partial charge in [0.15, 0.2) is 16.7 Å². The van der Waals surface area contributed by atoms with Gasteiger partial charge in [0, 0.05) is 25.4 Å². The van der Waals surface area contributed by atoms with Crippen molar-refractivity contribution in [2.24, 2.45) is 7.05 Å². The van der Waals surface area contributed by atoms with E-state index >= 15 is 0 Å². The maximum absolute atomic E-state index is 12.9. The quantitative estimate of drug-likeness (QED) is 0.417. The minimum atomic E-state index is -4.02. The summed E-state index contributed by atoms with van der Waals surface area (Å²) in [5, 5.41) is 3.16. The lowest BCUT2D eigenvalue weighted by molar-refractivity contribution is 0.395. The molecule has 0 bridgehead atoms. The van der Waals surface area contributed by atoms with Gasteiger partial charge in [-0.3, -0.25) is 4.72 Å². The molecule has 0 aliphatic rings. The van der Waals surface area contributed by atoms with E-state index in [4.69, 9.17) is 21.1 Å². The van der Waals surface area contributed by atoms with Crippen molar-refractivity contribution in [3.8, 4) is 11.5 Å². The Kier molecular flexibility index (Phi) is 5.76. The van der Waals surface area contributed by atoms with Crippen molar-refractivity contribution >= 4 is 50.0 Å². The van der Waals surface area contributed by atoms with Crippen LogP contribution in [-0.4, -0.2) is 42.2 Å². The SMILES string of the molecule is COc1cc(Nc2nc3ccccc3nc2NS(=O)(=O)c2cn(C)cn2)c(Cl)c(OC)c1. The first-order chi connectivity index (χ1) is 15.3. The molecular formula is C20H19ClN6O4S. The lowest BCUT2D eigenvalue weighted by Gasteiger charge is -2.16. The van der Waals surface area contributed by atoms with Gasteiger partial charge >= 0.3 is 0 Å². The van der Waals surface area contributed by atoms with E-state index in [-0.39, 0.29) is 21.7 Å². The van der Waals surface area contributed by atoms with Crippen LogP contribution in [0.1, 0.15) is 0 Å². The van der Waals surface area contributed by atoms with E-state index in [2.05, 4.69) is 25.0 Å².